The van der Waals surface area contributed by atoms with Crippen LogP contribution in [0.3, 0.4) is 0 Å². The summed E-state index contributed by atoms with van der Waals surface area (Å²) in [5, 5.41) is 28.0. The number of pyridine rings is 1. The summed E-state index contributed by atoms with van der Waals surface area (Å²) in [6.45, 7) is 0.377. The van der Waals surface area contributed by atoms with Crippen LogP contribution < -0.4 is 4.90 Å². The standard InChI is InChI=1S/C10H11N3O6/c1-6-2-7(13(18)19)3-11-10(6)12(4-8(14)15)5-9(16)17/h2-3H,4-5H2,1H3,(H,14,15)(H,16,17). The summed E-state index contributed by atoms with van der Waals surface area (Å²) >= 11 is 0. The third kappa shape index (κ3) is 3.91. The molecule has 9 heteroatoms. The van der Waals surface area contributed by atoms with Gasteiger partial charge in [-0.15, -0.1) is 0 Å². The Hall–Kier alpha value is -2.71. The van der Waals surface area contributed by atoms with E-state index in [4.69, 9.17) is 10.2 Å². The van der Waals surface area contributed by atoms with E-state index >= 15 is 0 Å². The summed E-state index contributed by atoms with van der Waals surface area (Å²) in [4.78, 5) is 36.1. The Morgan fingerprint density at radius 1 is 1.37 bits per heavy atom. The second-order valence-electron chi connectivity index (χ2n) is 3.73. The van der Waals surface area contributed by atoms with Crippen molar-refractivity contribution >= 4 is 23.4 Å². The van der Waals surface area contributed by atoms with Gasteiger partial charge in [0.05, 0.1) is 4.92 Å². The molecular weight excluding hydrogens is 258 g/mol. The SMILES string of the molecule is Cc1cc([N+](=O)[O-])cnc1N(CC(=O)O)CC(=O)O. The molecule has 9 nitrogen and oxygen atoms in total. The summed E-state index contributed by atoms with van der Waals surface area (Å²) in [6.07, 6.45) is 0.957. The first kappa shape index (κ1) is 14.4. The number of nitrogens with zero attached hydrogens (tertiary/aromatic N) is 3. The average molecular weight is 269 g/mol. The summed E-state index contributed by atoms with van der Waals surface area (Å²) in [5.74, 6) is -2.35. The van der Waals surface area contributed by atoms with Crippen LogP contribution in [0.5, 0.6) is 0 Å². The molecule has 102 valence electrons. The maximum absolute atomic E-state index is 10.7. The van der Waals surface area contributed by atoms with E-state index in [0.717, 1.165) is 11.1 Å². The monoisotopic (exact) mass is 269 g/mol. The van der Waals surface area contributed by atoms with Crippen molar-refractivity contribution in [1.29, 1.82) is 0 Å². The molecule has 1 aromatic heterocycles. The van der Waals surface area contributed by atoms with Gasteiger partial charge in [-0.3, -0.25) is 19.7 Å². The van der Waals surface area contributed by atoms with E-state index in [9.17, 15) is 19.7 Å². The number of carboxylic acids is 2. The van der Waals surface area contributed by atoms with Crippen molar-refractivity contribution in [3.05, 3.63) is 27.9 Å². The Labute approximate surface area is 107 Å². The number of rotatable bonds is 6. The number of aliphatic carboxylic acids is 2. The molecule has 0 aromatic carbocycles. The van der Waals surface area contributed by atoms with Gasteiger partial charge in [-0.05, 0) is 12.5 Å². The van der Waals surface area contributed by atoms with Crippen LogP contribution in [0, 0.1) is 17.0 Å². The molecule has 0 bridgehead atoms. The fraction of sp³-hybridized carbons (Fsp3) is 0.300. The van der Waals surface area contributed by atoms with Crippen molar-refractivity contribution in [3.8, 4) is 0 Å². The van der Waals surface area contributed by atoms with Crippen molar-refractivity contribution in [1.82, 2.24) is 4.98 Å². The topological polar surface area (TPSA) is 134 Å². The largest absolute Gasteiger partial charge is 0.480 e. The van der Waals surface area contributed by atoms with E-state index < -0.39 is 30.0 Å². The predicted octanol–water partition coefficient (Wildman–Crippen LogP) is 0.274. The van der Waals surface area contributed by atoms with Crippen LogP contribution >= 0.6 is 0 Å². The van der Waals surface area contributed by atoms with Gasteiger partial charge in [0.1, 0.15) is 25.1 Å². The van der Waals surface area contributed by atoms with Gasteiger partial charge >= 0.3 is 11.9 Å². The first-order valence-electron chi connectivity index (χ1n) is 5.11. The highest BCUT2D eigenvalue weighted by Gasteiger charge is 2.19. The molecule has 2 N–H and O–H groups in total. The Balaban J connectivity index is 3.11. The highest BCUT2D eigenvalue weighted by atomic mass is 16.6. The van der Waals surface area contributed by atoms with Crippen molar-refractivity contribution in [2.24, 2.45) is 0 Å². The highest BCUT2D eigenvalue weighted by molar-refractivity contribution is 5.79. The van der Waals surface area contributed by atoms with E-state index in [1.54, 1.807) is 0 Å². The quantitative estimate of drug-likeness (QED) is 0.555. The van der Waals surface area contributed by atoms with E-state index in [1.807, 2.05) is 0 Å². The van der Waals surface area contributed by atoms with Crippen LogP contribution in [0.2, 0.25) is 0 Å². The van der Waals surface area contributed by atoms with Crippen molar-refractivity contribution in [2.45, 2.75) is 6.92 Å². The number of aryl methyl sites for hydroxylation is 1. The van der Waals surface area contributed by atoms with E-state index in [2.05, 4.69) is 4.98 Å². The Bertz CT molecular complexity index is 514. The molecule has 0 saturated carbocycles. The minimum Gasteiger partial charge on any atom is -0.480 e. The van der Waals surface area contributed by atoms with Crippen LogP contribution in [0.4, 0.5) is 11.5 Å². The summed E-state index contributed by atoms with van der Waals surface area (Å²) < 4.78 is 0. The second-order valence-corrected chi connectivity index (χ2v) is 3.73. The molecule has 0 radical (unpaired) electrons. The molecule has 0 amide bonds. The summed E-state index contributed by atoms with van der Waals surface area (Å²) in [7, 11) is 0. The fourth-order valence-electron chi connectivity index (χ4n) is 1.52. The van der Waals surface area contributed by atoms with Crippen molar-refractivity contribution in [2.75, 3.05) is 18.0 Å². The molecule has 0 aliphatic carbocycles. The molecule has 1 heterocycles. The molecule has 0 saturated heterocycles. The molecule has 0 unspecified atom stereocenters. The van der Waals surface area contributed by atoms with Crippen LogP contribution in [-0.4, -0.2) is 45.1 Å². The minimum absolute atomic E-state index is 0.0930. The second kappa shape index (κ2) is 5.76. The normalized spacial score (nSPS) is 9.95. The average Bonchev–Trinajstić information content (AvgIpc) is 2.26. The molecule has 0 aliphatic heterocycles. The summed E-state index contributed by atoms with van der Waals surface area (Å²) in [6, 6.07) is 1.21. The van der Waals surface area contributed by atoms with E-state index in [0.29, 0.717) is 5.56 Å². The smallest absolute Gasteiger partial charge is 0.323 e. The van der Waals surface area contributed by atoms with Gasteiger partial charge in [-0.25, -0.2) is 4.98 Å². The Kier molecular flexibility index (Phi) is 4.35. The maximum atomic E-state index is 10.7. The van der Waals surface area contributed by atoms with Gasteiger partial charge in [-0.1, -0.05) is 0 Å². The molecule has 0 spiro atoms. The molecular formula is C10H11N3O6. The highest BCUT2D eigenvalue weighted by Crippen LogP contribution is 2.21. The number of carboxylic acid groups (broad SMARTS) is 2. The number of anilines is 1. The van der Waals surface area contributed by atoms with Gasteiger partial charge in [0.2, 0.25) is 0 Å². The van der Waals surface area contributed by atoms with Crippen LogP contribution in [0.15, 0.2) is 12.3 Å². The third-order valence-corrected chi connectivity index (χ3v) is 2.20. The molecule has 1 rings (SSSR count). The van der Waals surface area contributed by atoms with Crippen LogP contribution in [-0.2, 0) is 9.59 Å². The number of hydrogen-bond donors (Lipinski definition) is 2. The number of carbonyl (C=O) groups is 2. The lowest BCUT2D eigenvalue weighted by atomic mass is 10.2. The predicted molar refractivity (Wildman–Crippen MR) is 63.1 cm³/mol. The minimum atomic E-state index is -1.22. The lowest BCUT2D eigenvalue weighted by molar-refractivity contribution is -0.385. The van der Waals surface area contributed by atoms with E-state index in [1.165, 1.54) is 13.0 Å². The lowest BCUT2D eigenvalue weighted by Crippen LogP contribution is -2.35. The summed E-state index contributed by atoms with van der Waals surface area (Å²) in [5.41, 5.74) is 0.0866. The third-order valence-electron chi connectivity index (χ3n) is 2.20. The van der Waals surface area contributed by atoms with Crippen molar-refractivity contribution < 1.29 is 24.7 Å². The maximum Gasteiger partial charge on any atom is 0.323 e. The molecule has 0 atom stereocenters. The van der Waals surface area contributed by atoms with Gasteiger partial charge in [0.25, 0.3) is 5.69 Å². The zero-order valence-electron chi connectivity index (χ0n) is 9.94. The first-order chi connectivity index (χ1) is 8.81. The van der Waals surface area contributed by atoms with Gasteiger partial charge in [0.15, 0.2) is 0 Å². The molecule has 1 aromatic rings. The lowest BCUT2D eigenvalue weighted by Gasteiger charge is -2.20. The molecule has 0 aliphatic rings. The number of aromatic nitrogens is 1. The molecule has 19 heavy (non-hydrogen) atoms. The van der Waals surface area contributed by atoms with Crippen LogP contribution in [0.1, 0.15) is 5.56 Å². The van der Waals surface area contributed by atoms with Crippen molar-refractivity contribution in [3.63, 3.8) is 0 Å². The van der Waals surface area contributed by atoms with Gasteiger partial charge in [0, 0.05) is 6.07 Å². The first-order valence-corrected chi connectivity index (χ1v) is 5.11. The number of hydrogen-bond acceptors (Lipinski definition) is 6. The molecule has 0 fully saturated rings. The zero-order chi connectivity index (χ0) is 14.6. The Morgan fingerprint density at radius 3 is 2.26 bits per heavy atom. The fourth-order valence-corrected chi connectivity index (χ4v) is 1.52. The Morgan fingerprint density at radius 2 is 1.89 bits per heavy atom. The number of nitro groups is 1. The van der Waals surface area contributed by atoms with Gasteiger partial charge < -0.3 is 15.1 Å². The van der Waals surface area contributed by atoms with Crippen LogP contribution in [0.25, 0.3) is 0 Å². The zero-order valence-corrected chi connectivity index (χ0v) is 9.94. The van der Waals surface area contributed by atoms with Gasteiger partial charge in [-0.2, -0.15) is 0 Å². The van der Waals surface area contributed by atoms with E-state index in [-0.39, 0.29) is 11.5 Å².